The Morgan fingerprint density at radius 3 is 2.51 bits per heavy atom. The lowest BCUT2D eigenvalue weighted by molar-refractivity contribution is -0.127. The summed E-state index contributed by atoms with van der Waals surface area (Å²) in [5.41, 5.74) is 2.10. The van der Waals surface area contributed by atoms with Gasteiger partial charge in [0.05, 0.1) is 30.3 Å². The molecule has 2 amide bonds. The molecule has 43 heavy (non-hydrogen) atoms. The zero-order valence-electron chi connectivity index (χ0n) is 24.7. The van der Waals surface area contributed by atoms with Crippen LogP contribution in [0.15, 0.2) is 76.5 Å². The molecule has 10 nitrogen and oxygen atoms in total. The van der Waals surface area contributed by atoms with E-state index >= 15 is 0 Å². The van der Waals surface area contributed by atoms with Crippen molar-refractivity contribution >= 4 is 39.3 Å². The zero-order chi connectivity index (χ0) is 31.4. The van der Waals surface area contributed by atoms with Crippen LogP contribution < -0.4 is 25.4 Å². The number of β-amino-alcohol motifs (C(OH)–C–C–N with tert-alkyl or cyclic N) is 1. The van der Waals surface area contributed by atoms with Crippen LogP contribution in [0.4, 0.5) is 5.69 Å². The number of amides is 2. The molecule has 0 fully saturated rings. The number of anilines is 1. The Morgan fingerprint density at radius 1 is 1.16 bits per heavy atom. The van der Waals surface area contributed by atoms with Gasteiger partial charge in [0.15, 0.2) is 0 Å². The second kappa shape index (κ2) is 13.5. The molecule has 0 bridgehead atoms. The van der Waals surface area contributed by atoms with E-state index in [0.29, 0.717) is 34.9 Å². The molecule has 0 aliphatic carbocycles. The van der Waals surface area contributed by atoms with E-state index < -0.39 is 27.7 Å². The Morgan fingerprint density at radius 2 is 1.86 bits per heavy atom. The number of benzene rings is 3. The maximum atomic E-state index is 14.0. The van der Waals surface area contributed by atoms with Crippen LogP contribution in [0.2, 0.25) is 0 Å². The number of primary sulfonamides is 1. The monoisotopic (exact) mass is 626 g/mol. The fourth-order valence-corrected chi connectivity index (χ4v) is 6.69. The van der Waals surface area contributed by atoms with E-state index in [0.717, 1.165) is 10.5 Å². The quantitative estimate of drug-likeness (QED) is 0.253. The van der Waals surface area contributed by atoms with Crippen LogP contribution in [0, 0.1) is 0 Å². The number of methoxy groups -OCH3 is 1. The van der Waals surface area contributed by atoms with Crippen LogP contribution in [0.5, 0.6) is 5.75 Å². The summed E-state index contributed by atoms with van der Waals surface area (Å²) >= 11 is 1.47. The highest BCUT2D eigenvalue weighted by atomic mass is 32.2. The van der Waals surface area contributed by atoms with E-state index in [4.69, 9.17) is 9.88 Å². The van der Waals surface area contributed by atoms with Crippen LogP contribution in [-0.2, 0) is 26.2 Å². The Bertz CT molecular complexity index is 1580. The third-order valence-corrected chi connectivity index (χ3v) is 9.15. The molecular weight excluding hydrogens is 588 g/mol. The Kier molecular flexibility index (Phi) is 10.2. The molecule has 0 aromatic heterocycles. The van der Waals surface area contributed by atoms with Crippen molar-refractivity contribution in [3.05, 3.63) is 72.3 Å². The zero-order valence-corrected chi connectivity index (χ0v) is 26.3. The molecule has 3 aromatic rings. The number of aliphatic hydroxyl groups is 1. The summed E-state index contributed by atoms with van der Waals surface area (Å²) in [4.78, 5) is 29.6. The molecule has 4 rings (SSSR count). The minimum atomic E-state index is -3.92. The molecule has 1 heterocycles. The number of ether oxygens (including phenoxy) is 1. The van der Waals surface area contributed by atoms with Gasteiger partial charge in [-0.25, -0.2) is 13.6 Å². The van der Waals surface area contributed by atoms with Crippen LogP contribution in [0.3, 0.4) is 0 Å². The molecule has 0 radical (unpaired) electrons. The molecule has 12 heteroatoms. The molecular formula is C31H38N4O6S2. The van der Waals surface area contributed by atoms with Gasteiger partial charge in [0.25, 0.3) is 5.91 Å². The number of thioether (sulfide) groups is 1. The van der Waals surface area contributed by atoms with Gasteiger partial charge in [-0.1, -0.05) is 42.5 Å². The summed E-state index contributed by atoms with van der Waals surface area (Å²) in [5, 5.41) is 21.1. The molecule has 2 atom stereocenters. The number of rotatable bonds is 11. The predicted octanol–water partition coefficient (Wildman–Crippen LogP) is 3.27. The molecule has 0 unspecified atom stereocenters. The number of nitrogens with two attached hydrogens (primary N) is 1. The van der Waals surface area contributed by atoms with Crippen molar-refractivity contribution in [2.75, 3.05) is 24.3 Å². The highest BCUT2D eigenvalue weighted by molar-refractivity contribution is 7.99. The van der Waals surface area contributed by atoms with E-state index in [-0.39, 0.29) is 29.7 Å². The maximum absolute atomic E-state index is 14.0. The number of nitrogens with zero attached hydrogens (tertiary/aromatic N) is 1. The molecule has 3 aromatic carbocycles. The van der Waals surface area contributed by atoms with E-state index in [9.17, 15) is 23.1 Å². The average molecular weight is 627 g/mol. The molecule has 230 valence electrons. The maximum Gasteiger partial charge on any atom is 0.250 e. The first-order valence-electron chi connectivity index (χ1n) is 13.8. The average Bonchev–Trinajstić information content (AvgIpc) is 3.07. The molecule has 5 N–H and O–H groups in total. The molecule has 1 aliphatic rings. The van der Waals surface area contributed by atoms with Gasteiger partial charge in [-0.05, 0) is 56.2 Å². The molecule has 0 saturated carbocycles. The minimum Gasteiger partial charge on any atom is -0.497 e. The lowest BCUT2D eigenvalue weighted by Gasteiger charge is -2.29. The first kappa shape index (κ1) is 32.5. The number of nitrogens with one attached hydrogen (secondary N) is 2. The lowest BCUT2D eigenvalue weighted by atomic mass is 9.99. The summed E-state index contributed by atoms with van der Waals surface area (Å²) < 4.78 is 29.6. The fraction of sp³-hybridized carbons (Fsp3) is 0.355. The summed E-state index contributed by atoms with van der Waals surface area (Å²) in [7, 11) is -2.33. The summed E-state index contributed by atoms with van der Waals surface area (Å²) in [6.45, 7) is 5.98. The topological polar surface area (TPSA) is 151 Å². The van der Waals surface area contributed by atoms with E-state index in [1.807, 2.05) is 38.1 Å². The largest absolute Gasteiger partial charge is 0.497 e. The normalized spacial score (nSPS) is 16.3. The van der Waals surface area contributed by atoms with Crippen molar-refractivity contribution < 1.29 is 27.9 Å². The Labute approximate surface area is 257 Å². The Hall–Kier alpha value is -3.42. The summed E-state index contributed by atoms with van der Waals surface area (Å²) in [6.07, 6.45) is -0.431. The van der Waals surface area contributed by atoms with Crippen LogP contribution in [0.1, 0.15) is 32.8 Å². The molecule has 0 spiro atoms. The van der Waals surface area contributed by atoms with Crippen LogP contribution in [0.25, 0.3) is 11.1 Å². The molecule has 0 saturated heterocycles. The SMILES string of the molecule is COc1ccc2c(c1)SC[C@@H](NC(=O)CC(C)(C)NC[C@@H](C)O)C(=O)N2Cc1ccc(-c2ccccc2S(N)(=O)=O)cc1. The van der Waals surface area contributed by atoms with Crippen LogP contribution in [-0.4, -0.2) is 62.4 Å². The third kappa shape index (κ3) is 8.36. The molecule has 1 aliphatic heterocycles. The predicted molar refractivity (Wildman–Crippen MR) is 168 cm³/mol. The van der Waals surface area contributed by atoms with E-state index in [1.165, 1.54) is 17.8 Å². The van der Waals surface area contributed by atoms with Gasteiger partial charge in [-0.2, -0.15) is 0 Å². The van der Waals surface area contributed by atoms with Crippen molar-refractivity contribution in [3.63, 3.8) is 0 Å². The number of carbonyl (C=O) groups is 2. The van der Waals surface area contributed by atoms with Gasteiger partial charge < -0.3 is 25.4 Å². The number of hydrogen-bond acceptors (Lipinski definition) is 8. The van der Waals surface area contributed by atoms with Gasteiger partial charge in [-0.3, -0.25) is 9.59 Å². The first-order chi connectivity index (χ1) is 20.3. The fourth-order valence-electron chi connectivity index (χ4n) is 4.84. The van der Waals surface area contributed by atoms with Crippen molar-refractivity contribution in [2.24, 2.45) is 5.14 Å². The Balaban J connectivity index is 1.59. The number of hydrogen-bond donors (Lipinski definition) is 4. The minimum absolute atomic E-state index is 0.0354. The first-order valence-corrected chi connectivity index (χ1v) is 16.4. The standard InChI is InChI=1S/C31H38N4O6S2/c1-20(36)17-33-31(2,3)16-29(37)34-25-19-42-27-15-23(41-4)13-14-26(27)35(30(25)38)18-21-9-11-22(12-10-21)24-7-5-6-8-28(24)43(32,39)40/h5-15,20,25,33,36H,16-19H2,1-4H3,(H,34,37)(H2,32,39,40)/t20-,25-/m1/s1. The summed E-state index contributed by atoms with van der Waals surface area (Å²) in [5.74, 6) is 0.475. The second-order valence-corrected chi connectivity index (χ2v) is 13.8. The van der Waals surface area contributed by atoms with Crippen LogP contribution >= 0.6 is 11.8 Å². The highest BCUT2D eigenvalue weighted by Gasteiger charge is 2.33. The van der Waals surface area contributed by atoms with Gasteiger partial charge in [0.1, 0.15) is 11.8 Å². The number of carbonyl (C=O) groups excluding carboxylic acids is 2. The smallest absolute Gasteiger partial charge is 0.250 e. The van der Waals surface area contributed by atoms with Crippen molar-refractivity contribution in [1.82, 2.24) is 10.6 Å². The second-order valence-electron chi connectivity index (χ2n) is 11.2. The number of fused-ring (bicyclic) bond motifs is 1. The highest BCUT2D eigenvalue weighted by Crippen LogP contribution is 2.38. The van der Waals surface area contributed by atoms with Crippen molar-refractivity contribution in [1.29, 1.82) is 0 Å². The van der Waals surface area contributed by atoms with Gasteiger partial charge in [-0.15, -0.1) is 11.8 Å². The van der Waals surface area contributed by atoms with Gasteiger partial charge >= 0.3 is 0 Å². The van der Waals surface area contributed by atoms with Gasteiger partial charge in [0.2, 0.25) is 15.9 Å². The lowest BCUT2D eigenvalue weighted by Crippen LogP contribution is -2.52. The number of aliphatic hydroxyl groups excluding tert-OH is 1. The van der Waals surface area contributed by atoms with Crippen molar-refractivity contribution in [2.45, 2.75) is 61.2 Å². The number of sulfonamides is 1. The van der Waals surface area contributed by atoms with Crippen molar-refractivity contribution in [3.8, 4) is 16.9 Å². The van der Waals surface area contributed by atoms with E-state index in [1.54, 1.807) is 55.3 Å². The van der Waals surface area contributed by atoms with Gasteiger partial charge in [0, 0.05) is 34.7 Å². The summed E-state index contributed by atoms with van der Waals surface area (Å²) in [6, 6.07) is 18.5. The third-order valence-electron chi connectivity index (χ3n) is 7.04. The van der Waals surface area contributed by atoms with E-state index in [2.05, 4.69) is 10.6 Å².